The minimum Gasteiger partial charge on any atom is -0.444 e. The summed E-state index contributed by atoms with van der Waals surface area (Å²) in [6.45, 7) is 6.59. The fourth-order valence-corrected chi connectivity index (χ4v) is 3.51. The maximum absolute atomic E-state index is 13.0. The average Bonchev–Trinajstić information content (AvgIpc) is 3.09. The molecule has 1 unspecified atom stereocenters. The molecule has 1 saturated heterocycles. The van der Waals surface area contributed by atoms with E-state index >= 15 is 0 Å². The van der Waals surface area contributed by atoms with Gasteiger partial charge in [-0.05, 0) is 56.0 Å². The van der Waals surface area contributed by atoms with Gasteiger partial charge < -0.3 is 9.64 Å². The van der Waals surface area contributed by atoms with Crippen molar-refractivity contribution < 1.29 is 14.3 Å². The molecule has 1 atom stereocenters. The third kappa shape index (κ3) is 4.59. The van der Waals surface area contributed by atoms with E-state index < -0.39 is 17.7 Å². The second kappa shape index (κ2) is 7.59. The molecule has 0 aromatic heterocycles. The summed E-state index contributed by atoms with van der Waals surface area (Å²) in [5, 5.41) is 2.34. The van der Waals surface area contributed by atoms with Gasteiger partial charge in [-0.2, -0.15) is 0 Å². The van der Waals surface area contributed by atoms with E-state index in [1.807, 2.05) is 39.0 Å². The van der Waals surface area contributed by atoms with Crippen molar-refractivity contribution in [3.05, 3.63) is 48.0 Å². The predicted octanol–water partition coefficient (Wildman–Crippen LogP) is 4.20. The summed E-state index contributed by atoms with van der Waals surface area (Å²) in [5.41, 5.74) is 0.510. The maximum Gasteiger partial charge on any atom is 0.410 e. The molecule has 1 aliphatic rings. The third-order valence-electron chi connectivity index (χ3n) is 4.78. The highest BCUT2D eigenvalue weighted by Crippen LogP contribution is 2.23. The van der Waals surface area contributed by atoms with E-state index in [0.29, 0.717) is 19.5 Å². The summed E-state index contributed by atoms with van der Waals surface area (Å²) in [7, 11) is 1.79. The number of amides is 2. The topological polar surface area (TPSA) is 49.9 Å². The maximum atomic E-state index is 13.0. The Morgan fingerprint density at radius 1 is 1.15 bits per heavy atom. The number of ether oxygens (including phenoxy) is 1. The van der Waals surface area contributed by atoms with Gasteiger partial charge in [-0.3, -0.25) is 9.69 Å². The van der Waals surface area contributed by atoms with Crippen LogP contribution >= 0.6 is 0 Å². The van der Waals surface area contributed by atoms with Gasteiger partial charge in [0, 0.05) is 20.1 Å². The highest BCUT2D eigenvalue weighted by Gasteiger charge is 2.37. The van der Waals surface area contributed by atoms with E-state index in [0.717, 1.165) is 17.4 Å². The molecular formula is C22H28N2O3. The largest absolute Gasteiger partial charge is 0.444 e. The number of likely N-dealkylation sites (N-methyl/N-ethyl adjacent to an activating group) is 1. The zero-order chi connectivity index (χ0) is 19.6. The highest BCUT2D eigenvalue weighted by atomic mass is 16.6. The van der Waals surface area contributed by atoms with Gasteiger partial charge in [-0.25, -0.2) is 4.79 Å². The number of hydrogen-bond donors (Lipinski definition) is 0. The zero-order valence-corrected chi connectivity index (χ0v) is 16.6. The Kier molecular flexibility index (Phi) is 5.40. The number of carbonyl (C=O) groups is 2. The number of hydrogen-bond acceptors (Lipinski definition) is 3. The van der Waals surface area contributed by atoms with Crippen molar-refractivity contribution in [2.45, 2.75) is 51.8 Å². The molecule has 5 nitrogen and oxygen atoms in total. The van der Waals surface area contributed by atoms with Crippen LogP contribution in [0, 0.1) is 0 Å². The standard InChI is InChI=1S/C22H28N2O3/c1-22(2,3)27-21(26)24-13-7-10-19(24)20(25)23(4)15-16-11-12-17-8-5-6-9-18(17)14-16/h5-6,8-9,11-12,14,19H,7,10,13,15H2,1-4H3. The minimum absolute atomic E-state index is 0.0356. The van der Waals surface area contributed by atoms with E-state index in [1.54, 1.807) is 16.8 Å². The minimum atomic E-state index is -0.565. The fourth-order valence-electron chi connectivity index (χ4n) is 3.51. The number of likely N-dealkylation sites (tertiary alicyclic amines) is 1. The summed E-state index contributed by atoms with van der Waals surface area (Å²) < 4.78 is 5.46. The van der Waals surface area contributed by atoms with Crippen LogP contribution in [0.1, 0.15) is 39.2 Å². The molecule has 5 heteroatoms. The number of nitrogens with zero attached hydrogens (tertiary/aromatic N) is 2. The van der Waals surface area contributed by atoms with Gasteiger partial charge in [0.25, 0.3) is 0 Å². The Bertz CT molecular complexity index is 841. The summed E-state index contributed by atoms with van der Waals surface area (Å²) in [5.74, 6) is -0.0356. The molecule has 1 fully saturated rings. The quantitative estimate of drug-likeness (QED) is 0.816. The van der Waals surface area contributed by atoms with Crippen LogP contribution in [-0.4, -0.2) is 47.0 Å². The van der Waals surface area contributed by atoms with Crippen molar-refractivity contribution in [2.24, 2.45) is 0 Å². The van der Waals surface area contributed by atoms with Gasteiger partial charge in [0.15, 0.2) is 0 Å². The average molecular weight is 368 g/mol. The number of benzene rings is 2. The van der Waals surface area contributed by atoms with E-state index in [4.69, 9.17) is 4.74 Å². The van der Waals surface area contributed by atoms with Gasteiger partial charge in [0.1, 0.15) is 11.6 Å². The lowest BCUT2D eigenvalue weighted by molar-refractivity contribution is -0.135. The molecule has 0 aliphatic carbocycles. The molecule has 2 aromatic rings. The van der Waals surface area contributed by atoms with Crippen molar-refractivity contribution >= 4 is 22.8 Å². The predicted molar refractivity (Wildman–Crippen MR) is 106 cm³/mol. The Morgan fingerprint density at radius 2 is 1.85 bits per heavy atom. The Balaban J connectivity index is 1.69. The van der Waals surface area contributed by atoms with E-state index in [9.17, 15) is 9.59 Å². The van der Waals surface area contributed by atoms with E-state index in [-0.39, 0.29) is 5.91 Å². The molecule has 0 radical (unpaired) electrons. The first kappa shape index (κ1) is 19.2. The van der Waals surface area contributed by atoms with Crippen LogP contribution in [0.25, 0.3) is 10.8 Å². The van der Waals surface area contributed by atoms with Gasteiger partial charge in [0.05, 0.1) is 0 Å². The molecule has 27 heavy (non-hydrogen) atoms. The number of fused-ring (bicyclic) bond motifs is 1. The van der Waals surface area contributed by atoms with Gasteiger partial charge in [-0.15, -0.1) is 0 Å². The van der Waals surface area contributed by atoms with Gasteiger partial charge in [0.2, 0.25) is 5.91 Å². The summed E-state index contributed by atoms with van der Waals surface area (Å²) >= 11 is 0. The van der Waals surface area contributed by atoms with E-state index in [2.05, 4.69) is 24.3 Å². The summed E-state index contributed by atoms with van der Waals surface area (Å²) in [6, 6.07) is 14.0. The first-order chi connectivity index (χ1) is 12.7. The molecule has 1 aliphatic heterocycles. The van der Waals surface area contributed by atoms with Gasteiger partial charge in [-0.1, -0.05) is 36.4 Å². The number of carbonyl (C=O) groups excluding carboxylic acids is 2. The van der Waals surface area contributed by atoms with Crippen molar-refractivity contribution in [2.75, 3.05) is 13.6 Å². The lowest BCUT2D eigenvalue weighted by atomic mass is 10.1. The molecule has 0 saturated carbocycles. The second-order valence-electron chi connectivity index (χ2n) is 8.21. The molecule has 0 spiro atoms. The molecule has 2 amide bonds. The van der Waals surface area contributed by atoms with Crippen LogP contribution in [-0.2, 0) is 16.1 Å². The highest BCUT2D eigenvalue weighted by molar-refractivity contribution is 5.86. The molecule has 0 bridgehead atoms. The normalized spacial score (nSPS) is 17.2. The molecule has 3 rings (SSSR count). The third-order valence-corrected chi connectivity index (χ3v) is 4.78. The van der Waals surface area contributed by atoms with Gasteiger partial charge >= 0.3 is 6.09 Å². The molecular weight excluding hydrogens is 340 g/mol. The molecule has 0 N–H and O–H groups in total. The number of rotatable bonds is 3. The van der Waals surface area contributed by atoms with Crippen LogP contribution in [0.2, 0.25) is 0 Å². The molecule has 1 heterocycles. The van der Waals surface area contributed by atoms with Crippen LogP contribution in [0.4, 0.5) is 4.79 Å². The van der Waals surface area contributed by atoms with Crippen molar-refractivity contribution in [1.82, 2.24) is 9.80 Å². The van der Waals surface area contributed by atoms with Crippen LogP contribution in [0.3, 0.4) is 0 Å². The lowest BCUT2D eigenvalue weighted by Crippen LogP contribution is -2.47. The SMILES string of the molecule is CN(Cc1ccc2ccccc2c1)C(=O)C1CCCN1C(=O)OC(C)(C)C. The monoisotopic (exact) mass is 368 g/mol. The van der Waals surface area contributed by atoms with Crippen LogP contribution in [0.15, 0.2) is 42.5 Å². The fraction of sp³-hybridized carbons (Fsp3) is 0.455. The lowest BCUT2D eigenvalue weighted by Gasteiger charge is -2.30. The molecule has 2 aromatic carbocycles. The van der Waals surface area contributed by atoms with Crippen LogP contribution < -0.4 is 0 Å². The zero-order valence-electron chi connectivity index (χ0n) is 16.6. The van der Waals surface area contributed by atoms with Crippen LogP contribution in [0.5, 0.6) is 0 Å². The first-order valence-electron chi connectivity index (χ1n) is 9.47. The Morgan fingerprint density at radius 3 is 2.56 bits per heavy atom. The summed E-state index contributed by atoms with van der Waals surface area (Å²) in [4.78, 5) is 28.7. The first-order valence-corrected chi connectivity index (χ1v) is 9.47. The van der Waals surface area contributed by atoms with Crippen molar-refractivity contribution in [3.8, 4) is 0 Å². The Labute approximate surface area is 160 Å². The van der Waals surface area contributed by atoms with Crippen molar-refractivity contribution in [3.63, 3.8) is 0 Å². The smallest absolute Gasteiger partial charge is 0.410 e. The molecule has 144 valence electrons. The Hall–Kier alpha value is -2.56. The second-order valence-corrected chi connectivity index (χ2v) is 8.21. The van der Waals surface area contributed by atoms with E-state index in [1.165, 1.54) is 5.39 Å². The van der Waals surface area contributed by atoms with Crippen molar-refractivity contribution in [1.29, 1.82) is 0 Å². The summed E-state index contributed by atoms with van der Waals surface area (Å²) in [6.07, 6.45) is 1.09.